The highest BCUT2D eigenvalue weighted by molar-refractivity contribution is 7.87. The maximum atomic E-state index is 11.9. The van der Waals surface area contributed by atoms with Crippen LogP contribution in [0.25, 0.3) is 0 Å². The largest absolute Gasteiger partial charge is 0.402 e. The molecule has 0 aromatic carbocycles. The Morgan fingerprint density at radius 3 is 2.24 bits per heavy atom. The van der Waals surface area contributed by atoms with Crippen LogP contribution >= 0.6 is 0 Å². The fourth-order valence-electron chi connectivity index (χ4n) is 2.27. The SMILES string of the molecule is O=S(=O)(NCC(F)(F)F)N1C[C@H]2CNC[C@H]2C1. The molecule has 2 heterocycles. The molecular weight excluding hydrogens is 259 g/mol. The van der Waals surface area contributed by atoms with Crippen molar-refractivity contribution in [3.63, 3.8) is 0 Å². The summed E-state index contributed by atoms with van der Waals surface area (Å²) >= 11 is 0. The normalized spacial score (nSPS) is 30.8. The molecule has 5 nitrogen and oxygen atoms in total. The molecule has 2 saturated heterocycles. The van der Waals surface area contributed by atoms with Crippen molar-refractivity contribution < 1.29 is 21.6 Å². The molecule has 2 fully saturated rings. The summed E-state index contributed by atoms with van der Waals surface area (Å²) in [4.78, 5) is 0. The van der Waals surface area contributed by atoms with Crippen LogP contribution in [0.4, 0.5) is 13.2 Å². The molecule has 0 unspecified atom stereocenters. The Bertz CT molecular complexity index is 372. The van der Waals surface area contributed by atoms with Crippen LogP contribution in [-0.2, 0) is 10.2 Å². The van der Waals surface area contributed by atoms with E-state index < -0.39 is 22.9 Å². The predicted molar refractivity (Wildman–Crippen MR) is 54.4 cm³/mol. The first-order valence-electron chi connectivity index (χ1n) is 5.30. The van der Waals surface area contributed by atoms with Crippen LogP contribution in [0.2, 0.25) is 0 Å². The van der Waals surface area contributed by atoms with Gasteiger partial charge in [0, 0.05) is 13.1 Å². The van der Waals surface area contributed by atoms with Crippen LogP contribution in [0.1, 0.15) is 0 Å². The van der Waals surface area contributed by atoms with Crippen LogP contribution in [0.15, 0.2) is 0 Å². The number of halogens is 3. The Labute approximate surface area is 97.5 Å². The summed E-state index contributed by atoms with van der Waals surface area (Å²) < 4.78 is 61.7. The molecule has 9 heteroatoms. The second kappa shape index (κ2) is 4.38. The van der Waals surface area contributed by atoms with Gasteiger partial charge in [-0.1, -0.05) is 0 Å². The third-order valence-electron chi connectivity index (χ3n) is 3.15. The van der Waals surface area contributed by atoms with E-state index >= 15 is 0 Å². The van der Waals surface area contributed by atoms with Gasteiger partial charge >= 0.3 is 6.18 Å². The number of hydrogen-bond acceptors (Lipinski definition) is 3. The minimum absolute atomic E-state index is 0.220. The first-order chi connectivity index (χ1) is 7.78. The first kappa shape index (κ1) is 13.1. The van der Waals surface area contributed by atoms with Gasteiger partial charge in [0.15, 0.2) is 0 Å². The summed E-state index contributed by atoms with van der Waals surface area (Å²) in [5.74, 6) is 0.440. The molecule has 0 saturated carbocycles. The highest BCUT2D eigenvalue weighted by Crippen LogP contribution is 2.27. The van der Waals surface area contributed by atoms with E-state index in [0.29, 0.717) is 13.1 Å². The Balaban J connectivity index is 1.93. The van der Waals surface area contributed by atoms with E-state index in [9.17, 15) is 21.6 Å². The molecule has 0 aromatic rings. The Hall–Kier alpha value is -0.380. The smallest absolute Gasteiger partial charge is 0.316 e. The van der Waals surface area contributed by atoms with E-state index in [2.05, 4.69) is 5.32 Å². The Morgan fingerprint density at radius 2 is 1.76 bits per heavy atom. The summed E-state index contributed by atoms with van der Waals surface area (Å²) in [6, 6.07) is 0. The number of hydrogen-bond donors (Lipinski definition) is 2. The molecule has 2 atom stereocenters. The highest BCUT2D eigenvalue weighted by Gasteiger charge is 2.42. The van der Waals surface area contributed by atoms with Gasteiger partial charge in [-0.2, -0.15) is 30.6 Å². The van der Waals surface area contributed by atoms with Gasteiger partial charge in [-0.3, -0.25) is 0 Å². The van der Waals surface area contributed by atoms with Gasteiger partial charge < -0.3 is 5.32 Å². The van der Waals surface area contributed by atoms with Gasteiger partial charge in [-0.25, -0.2) is 0 Å². The van der Waals surface area contributed by atoms with Crippen LogP contribution < -0.4 is 10.0 Å². The number of nitrogens with one attached hydrogen (secondary N) is 2. The van der Waals surface area contributed by atoms with Crippen molar-refractivity contribution in [2.24, 2.45) is 11.8 Å². The number of fused-ring (bicyclic) bond motifs is 1. The molecule has 0 amide bonds. The third-order valence-corrected chi connectivity index (χ3v) is 4.64. The lowest BCUT2D eigenvalue weighted by molar-refractivity contribution is -0.121. The van der Waals surface area contributed by atoms with E-state index in [1.807, 2.05) is 0 Å². The first-order valence-corrected chi connectivity index (χ1v) is 6.74. The van der Waals surface area contributed by atoms with Gasteiger partial charge in [0.1, 0.15) is 6.54 Å². The average Bonchev–Trinajstić information content (AvgIpc) is 2.72. The van der Waals surface area contributed by atoms with Gasteiger partial charge in [0.2, 0.25) is 0 Å². The lowest BCUT2D eigenvalue weighted by Crippen LogP contribution is -2.44. The fraction of sp³-hybridized carbons (Fsp3) is 1.00. The molecule has 0 radical (unpaired) electrons. The van der Waals surface area contributed by atoms with Gasteiger partial charge in [-0.05, 0) is 24.9 Å². The minimum atomic E-state index is -4.52. The van der Waals surface area contributed by atoms with E-state index in [1.165, 1.54) is 0 Å². The molecule has 17 heavy (non-hydrogen) atoms. The van der Waals surface area contributed by atoms with E-state index in [-0.39, 0.29) is 11.8 Å². The monoisotopic (exact) mass is 273 g/mol. The van der Waals surface area contributed by atoms with Gasteiger partial charge in [-0.15, -0.1) is 0 Å². The second-order valence-electron chi connectivity index (χ2n) is 4.44. The lowest BCUT2D eigenvalue weighted by Gasteiger charge is -2.18. The van der Waals surface area contributed by atoms with Crippen LogP contribution in [0.3, 0.4) is 0 Å². The maximum absolute atomic E-state index is 11.9. The average molecular weight is 273 g/mol. The molecular formula is C8H14F3N3O2S. The number of rotatable bonds is 3. The summed E-state index contributed by atoms with van der Waals surface area (Å²) in [6.07, 6.45) is -4.52. The Morgan fingerprint density at radius 1 is 1.24 bits per heavy atom. The van der Waals surface area contributed by atoms with Gasteiger partial charge in [0.05, 0.1) is 0 Å². The van der Waals surface area contributed by atoms with E-state index in [1.54, 1.807) is 4.72 Å². The molecule has 2 aliphatic heterocycles. The maximum Gasteiger partial charge on any atom is 0.402 e. The summed E-state index contributed by atoms with van der Waals surface area (Å²) in [7, 11) is -4.00. The number of alkyl halides is 3. The topological polar surface area (TPSA) is 61.4 Å². The van der Waals surface area contributed by atoms with Crippen LogP contribution in [0, 0.1) is 11.8 Å². The summed E-state index contributed by atoms with van der Waals surface area (Å²) in [5.41, 5.74) is 0. The highest BCUT2D eigenvalue weighted by atomic mass is 32.2. The second-order valence-corrected chi connectivity index (χ2v) is 6.19. The van der Waals surface area contributed by atoms with Crippen molar-refractivity contribution in [3.8, 4) is 0 Å². The van der Waals surface area contributed by atoms with Crippen molar-refractivity contribution in [2.45, 2.75) is 6.18 Å². The van der Waals surface area contributed by atoms with Crippen molar-refractivity contribution in [3.05, 3.63) is 0 Å². The molecule has 2 aliphatic rings. The number of nitrogens with zero attached hydrogens (tertiary/aromatic N) is 1. The zero-order chi connectivity index (χ0) is 12.7. The summed E-state index contributed by atoms with van der Waals surface area (Å²) in [5, 5.41) is 3.13. The predicted octanol–water partition coefficient (Wildman–Crippen LogP) is -0.466. The molecule has 100 valence electrons. The van der Waals surface area contributed by atoms with Crippen molar-refractivity contribution >= 4 is 10.2 Å². The lowest BCUT2D eigenvalue weighted by atomic mass is 10.0. The molecule has 2 N–H and O–H groups in total. The zero-order valence-electron chi connectivity index (χ0n) is 9.00. The van der Waals surface area contributed by atoms with Crippen molar-refractivity contribution in [1.29, 1.82) is 0 Å². The van der Waals surface area contributed by atoms with Crippen LogP contribution in [-0.4, -0.2) is 51.6 Å². The zero-order valence-corrected chi connectivity index (χ0v) is 9.81. The fourth-order valence-corrected chi connectivity index (χ4v) is 3.58. The molecule has 0 spiro atoms. The summed E-state index contributed by atoms with van der Waals surface area (Å²) in [6.45, 7) is 0.543. The third kappa shape index (κ3) is 3.09. The molecule has 2 rings (SSSR count). The minimum Gasteiger partial charge on any atom is -0.316 e. The van der Waals surface area contributed by atoms with E-state index in [4.69, 9.17) is 0 Å². The molecule has 0 aromatic heterocycles. The van der Waals surface area contributed by atoms with Crippen molar-refractivity contribution in [1.82, 2.24) is 14.3 Å². The quantitative estimate of drug-likeness (QED) is 0.731. The van der Waals surface area contributed by atoms with Gasteiger partial charge in [0.25, 0.3) is 10.2 Å². The Kier molecular flexibility index (Phi) is 3.36. The van der Waals surface area contributed by atoms with Crippen LogP contribution in [0.5, 0.6) is 0 Å². The van der Waals surface area contributed by atoms with E-state index in [0.717, 1.165) is 17.4 Å². The standard InChI is InChI=1S/C8H14F3N3O2S/c9-8(10,11)5-13-17(15,16)14-3-6-1-12-2-7(6)4-14/h6-7,12-13H,1-5H2/t6-,7+. The van der Waals surface area contributed by atoms with Crippen molar-refractivity contribution in [2.75, 3.05) is 32.7 Å². The molecule has 0 bridgehead atoms. The molecule has 0 aliphatic carbocycles.